The lowest BCUT2D eigenvalue weighted by Crippen LogP contribution is -2.75. The molecular weight excluding hydrogens is 1100 g/mol. The minimum Gasteiger partial charge on any atom is -0.479 e. The molecule has 12 rings (SSSR count). The molecule has 3 heterocycles. The first kappa shape index (κ1) is 58.8. The maximum Gasteiger partial charge on any atom is 0.407 e. The Bertz CT molecular complexity index is 3090. The molecule has 9 N–H and O–H groups in total. The van der Waals surface area contributed by atoms with Crippen LogP contribution in [0.5, 0.6) is 5.75 Å². The van der Waals surface area contributed by atoms with Gasteiger partial charge in [0, 0.05) is 60.1 Å². The molecule has 14 atom stereocenters. The van der Waals surface area contributed by atoms with Crippen molar-refractivity contribution in [3.63, 3.8) is 0 Å². The number of aliphatic carboxylic acids is 1. The fraction of sp³-hybridized carbons (Fsp3) is 0.576. The second kappa shape index (κ2) is 22.1. The highest BCUT2D eigenvalue weighted by atomic mass is 16.7. The molecule has 25 heteroatoms. The molecule has 3 aliphatic heterocycles. The zero-order valence-electron chi connectivity index (χ0n) is 46.2. The van der Waals surface area contributed by atoms with E-state index < -0.39 is 138 Å². The number of carbonyl (C=O) groups excluding carboxylic acids is 8. The van der Waals surface area contributed by atoms with Gasteiger partial charge in [-0.2, -0.15) is 0 Å². The Morgan fingerprint density at radius 3 is 2.25 bits per heavy atom. The van der Waals surface area contributed by atoms with Crippen LogP contribution in [-0.2, 0) is 75.2 Å². The summed E-state index contributed by atoms with van der Waals surface area (Å²) < 4.78 is 30.1. The maximum absolute atomic E-state index is 14.1. The first-order chi connectivity index (χ1) is 39.9. The summed E-state index contributed by atoms with van der Waals surface area (Å²) in [6.07, 6.45) is -3.92. The minimum atomic E-state index is -2.01. The molecule has 0 unspecified atom stereocenters. The van der Waals surface area contributed by atoms with Gasteiger partial charge < -0.3 is 75.1 Å². The van der Waals surface area contributed by atoms with Crippen molar-refractivity contribution in [3.8, 4) is 5.75 Å². The molecule has 9 fully saturated rings. The van der Waals surface area contributed by atoms with Crippen LogP contribution >= 0.6 is 0 Å². The summed E-state index contributed by atoms with van der Waals surface area (Å²) in [7, 11) is 0. The van der Waals surface area contributed by atoms with Crippen molar-refractivity contribution in [2.24, 2.45) is 34.0 Å². The number of fused-ring (bicyclic) bond motifs is 7. The molecule has 84 heavy (non-hydrogen) atoms. The predicted molar refractivity (Wildman–Crippen MR) is 283 cm³/mol. The number of carboxylic acids is 1. The summed E-state index contributed by atoms with van der Waals surface area (Å²) in [6.45, 7) is 2.82. The number of ketones is 2. The molecule has 6 saturated carbocycles. The molecule has 0 radical (unpaired) electrons. The number of hydrogen-bond acceptors (Lipinski definition) is 20. The van der Waals surface area contributed by atoms with Crippen molar-refractivity contribution in [1.29, 1.82) is 0 Å². The number of nitrogens with one attached hydrogen (secondary N) is 3. The molecule has 10 aliphatic rings. The molecule has 2 bridgehead atoms. The average Bonchev–Trinajstić information content (AvgIpc) is 1.28. The molecule has 2 aromatic rings. The third kappa shape index (κ3) is 10.4. The summed E-state index contributed by atoms with van der Waals surface area (Å²) in [4.78, 5) is 117. The first-order valence-corrected chi connectivity index (χ1v) is 28.4. The Morgan fingerprint density at radius 2 is 1.55 bits per heavy atom. The standard InChI is InChI=1S/C59H68N4O21/c1-55-17-15-33(65)20-32(55)8-9-34-35-21-40-59(39(67)24-64,56(35,2)23-37(66)46(34)55)83-52(81-40)31-6-3-29(4-7-31)22-57-26-58(27-57,28-57)62-54(78)79-25-30-5-10-38(80-53-49(75)47(73)48(74)50(82-53)51(76)77)36(19-30)61-42(69)16-18-60-41(68)11-14-45(72)84-63-43(70)12-13-44(63)71/h3-7,10,15,17,19-20,34-35,37,40,46-50,52-53,64,66,73-75H,8-9,11-14,16,18,21-28H2,1-2H3,(H,60,68)(H,61,69)(H,62,78)(H,76,77)/t34-,35-,37-,40+,46+,47-,48-,49+,50-,52-,53+,55-,56-,57?,58?,59+/m0/s1. The van der Waals surface area contributed by atoms with E-state index in [1.54, 1.807) is 12.2 Å². The van der Waals surface area contributed by atoms with Gasteiger partial charge in [0.05, 0.1) is 24.3 Å². The number of Topliss-reactive ketones (excluding diaryl/α,β-unsaturated/α-hetero) is 1. The highest BCUT2D eigenvalue weighted by Crippen LogP contribution is 2.71. The second-order valence-electron chi connectivity index (χ2n) is 24.6. The van der Waals surface area contributed by atoms with Crippen molar-refractivity contribution in [2.75, 3.05) is 18.5 Å². The molecule has 0 spiro atoms. The van der Waals surface area contributed by atoms with E-state index in [-0.39, 0.29) is 79.2 Å². The minimum absolute atomic E-state index is 0.0326. The quantitative estimate of drug-likeness (QED) is 0.0905. The van der Waals surface area contributed by atoms with E-state index in [1.807, 2.05) is 37.3 Å². The molecule has 25 nitrogen and oxygen atoms in total. The van der Waals surface area contributed by atoms with Crippen LogP contribution in [0.25, 0.3) is 0 Å². The molecule has 2 aromatic carbocycles. The Hall–Kier alpha value is -6.97. The third-order valence-electron chi connectivity index (χ3n) is 19.3. The van der Waals surface area contributed by atoms with Crippen LogP contribution < -0.4 is 20.7 Å². The highest BCUT2D eigenvalue weighted by Gasteiger charge is 2.76. The summed E-state index contributed by atoms with van der Waals surface area (Å²) in [5.74, 6) is -6.21. The summed E-state index contributed by atoms with van der Waals surface area (Å²) in [5.41, 5.74) is -0.301. The number of aliphatic hydroxyl groups is 5. The van der Waals surface area contributed by atoms with Crippen LogP contribution in [0, 0.1) is 34.0 Å². The highest BCUT2D eigenvalue weighted by molar-refractivity contribution is 6.02. The van der Waals surface area contributed by atoms with Gasteiger partial charge in [0.15, 0.2) is 29.6 Å². The van der Waals surface area contributed by atoms with Gasteiger partial charge in [-0.05, 0) is 104 Å². The molecule has 7 aliphatic carbocycles. The SMILES string of the molecule is C[C@]12C=CC(=O)C=C1CC[C@@H]1[C@@H]2[C@@H](O)C[C@@]2(C)[C@H]1C[C@H]1O[C@H](c3ccc(CC45CC(NC(=O)OCc6ccc(O[C@@H]7O[C@H](C(=O)O)[C@@H](O)[C@H](O)[C@H]7O)c(NC(=O)CCNC(=O)CCC(=O)ON7C(=O)CCC7=O)c6)(C4)C5)cc3)O[C@]12C(=O)CO. The van der Waals surface area contributed by atoms with Crippen LogP contribution in [0.1, 0.15) is 114 Å². The van der Waals surface area contributed by atoms with E-state index >= 15 is 0 Å². The maximum atomic E-state index is 14.1. The molecular formula is C59H68N4O21. The lowest BCUT2D eigenvalue weighted by molar-refractivity contribution is -0.271. The summed E-state index contributed by atoms with van der Waals surface area (Å²) in [5, 5.41) is 71.6. The number of benzene rings is 2. The predicted octanol–water partition coefficient (Wildman–Crippen LogP) is 1.78. The molecule has 0 aromatic heterocycles. The number of nitrogens with zero attached hydrogens (tertiary/aromatic N) is 1. The van der Waals surface area contributed by atoms with Gasteiger partial charge in [0.1, 0.15) is 37.3 Å². The fourth-order valence-corrected chi connectivity index (χ4v) is 15.6. The van der Waals surface area contributed by atoms with Crippen LogP contribution in [0.3, 0.4) is 0 Å². The number of imide groups is 1. The van der Waals surface area contributed by atoms with Gasteiger partial charge >= 0.3 is 18.0 Å². The number of carbonyl (C=O) groups is 9. The Morgan fingerprint density at radius 1 is 0.833 bits per heavy atom. The summed E-state index contributed by atoms with van der Waals surface area (Å²) in [6, 6.07) is 12.0. The number of carboxylic acid groups (broad SMARTS) is 1. The van der Waals surface area contributed by atoms with Gasteiger partial charge in [0.25, 0.3) is 11.8 Å². The van der Waals surface area contributed by atoms with Crippen LogP contribution in [0.2, 0.25) is 0 Å². The Balaban J connectivity index is 0.674. The first-order valence-electron chi connectivity index (χ1n) is 28.4. The topological polar surface area (TPSA) is 370 Å². The number of anilines is 1. The zero-order chi connectivity index (χ0) is 59.8. The smallest absolute Gasteiger partial charge is 0.407 e. The van der Waals surface area contributed by atoms with Crippen LogP contribution in [0.15, 0.2) is 66.3 Å². The second-order valence-corrected chi connectivity index (χ2v) is 24.6. The number of hydrogen-bond donors (Lipinski definition) is 9. The average molecular weight is 1170 g/mol. The van der Waals surface area contributed by atoms with E-state index in [0.29, 0.717) is 48.3 Å². The van der Waals surface area contributed by atoms with Gasteiger partial charge in [-0.25, -0.2) is 14.4 Å². The van der Waals surface area contributed by atoms with Gasteiger partial charge in [0.2, 0.25) is 18.1 Å². The normalized spacial score (nSPS) is 36.8. The van der Waals surface area contributed by atoms with Gasteiger partial charge in [-0.3, -0.25) is 28.8 Å². The molecule has 450 valence electrons. The van der Waals surface area contributed by atoms with E-state index in [9.17, 15) is 73.8 Å². The number of amides is 5. The lowest BCUT2D eigenvalue weighted by Gasteiger charge is -2.70. The van der Waals surface area contributed by atoms with Crippen molar-refractivity contribution >= 4 is 58.9 Å². The Kier molecular flexibility index (Phi) is 15.5. The van der Waals surface area contributed by atoms with E-state index in [4.69, 9.17) is 28.5 Å². The van der Waals surface area contributed by atoms with E-state index in [1.165, 1.54) is 18.2 Å². The number of aliphatic hydroxyl groups excluding tert-OH is 5. The monoisotopic (exact) mass is 1170 g/mol. The van der Waals surface area contributed by atoms with Crippen LogP contribution in [0.4, 0.5) is 10.5 Å². The number of alkyl carbamates (subject to hydrolysis) is 1. The number of allylic oxidation sites excluding steroid dienone is 4. The van der Waals surface area contributed by atoms with Crippen molar-refractivity contribution in [1.82, 2.24) is 15.7 Å². The number of hydroxylamine groups is 2. The fourth-order valence-electron chi connectivity index (χ4n) is 15.6. The van der Waals surface area contributed by atoms with Gasteiger partial charge in [-0.15, -0.1) is 5.06 Å². The molecule has 5 amide bonds. The van der Waals surface area contributed by atoms with Crippen LogP contribution in [-0.4, -0.2) is 156 Å². The Labute approximate surface area is 480 Å². The summed E-state index contributed by atoms with van der Waals surface area (Å²) >= 11 is 0. The number of ether oxygens (including phenoxy) is 5. The van der Waals surface area contributed by atoms with E-state index in [0.717, 1.165) is 24.0 Å². The van der Waals surface area contributed by atoms with Crippen molar-refractivity contribution in [2.45, 2.75) is 164 Å². The third-order valence-corrected chi connectivity index (χ3v) is 19.3. The largest absolute Gasteiger partial charge is 0.479 e. The van der Waals surface area contributed by atoms with Crippen molar-refractivity contribution in [3.05, 3.63) is 83.0 Å². The number of rotatable bonds is 19. The van der Waals surface area contributed by atoms with E-state index in [2.05, 4.69) is 22.9 Å². The zero-order valence-corrected chi connectivity index (χ0v) is 46.2. The molecule has 3 saturated heterocycles. The van der Waals surface area contributed by atoms with Crippen molar-refractivity contribution < 1.29 is 102 Å². The lowest BCUT2D eigenvalue weighted by atomic mass is 9.38. The van der Waals surface area contributed by atoms with Gasteiger partial charge in [-0.1, -0.05) is 55.8 Å².